The summed E-state index contributed by atoms with van der Waals surface area (Å²) in [6, 6.07) is 3.81. The van der Waals surface area contributed by atoms with Crippen molar-refractivity contribution in [3.8, 4) is 0 Å². The second-order valence-corrected chi connectivity index (χ2v) is 4.82. The molecule has 1 nitrogen and oxygen atoms in total. The summed E-state index contributed by atoms with van der Waals surface area (Å²) in [5.41, 5.74) is 2.88. The zero-order valence-electron chi connectivity index (χ0n) is 11.6. The van der Waals surface area contributed by atoms with Gasteiger partial charge in [-0.05, 0) is 44.0 Å². The predicted molar refractivity (Wildman–Crippen MR) is 71.7 cm³/mol. The second kappa shape index (κ2) is 6.15. The van der Waals surface area contributed by atoms with Crippen molar-refractivity contribution in [3.63, 3.8) is 0 Å². The molecule has 1 N–H and O–H groups in total. The average Bonchev–Trinajstić information content (AvgIpc) is 2.27. The van der Waals surface area contributed by atoms with Crippen LogP contribution in [0.3, 0.4) is 0 Å². The van der Waals surface area contributed by atoms with Gasteiger partial charge in [0.2, 0.25) is 0 Å². The van der Waals surface area contributed by atoms with E-state index in [1.54, 1.807) is 6.07 Å². The highest BCUT2D eigenvalue weighted by Crippen LogP contribution is 2.31. The van der Waals surface area contributed by atoms with E-state index >= 15 is 0 Å². The maximum Gasteiger partial charge on any atom is 0.128 e. The van der Waals surface area contributed by atoms with Crippen molar-refractivity contribution >= 4 is 0 Å². The first kappa shape index (κ1) is 14.2. The molecule has 0 saturated heterocycles. The molecule has 0 saturated carbocycles. The first-order chi connectivity index (χ1) is 8.04. The Morgan fingerprint density at radius 3 is 2.18 bits per heavy atom. The van der Waals surface area contributed by atoms with Crippen LogP contribution in [0.15, 0.2) is 12.1 Å². The van der Waals surface area contributed by atoms with Crippen LogP contribution in [0.5, 0.6) is 0 Å². The van der Waals surface area contributed by atoms with Crippen LogP contribution in [0, 0.1) is 25.6 Å². The summed E-state index contributed by atoms with van der Waals surface area (Å²) in [5.74, 6) is 0.407. The average molecular weight is 237 g/mol. The Balaban J connectivity index is 3.20. The van der Waals surface area contributed by atoms with Crippen LogP contribution in [0.2, 0.25) is 0 Å². The van der Waals surface area contributed by atoms with Gasteiger partial charge in [0, 0.05) is 11.6 Å². The minimum absolute atomic E-state index is 0.0752. The Hall–Kier alpha value is -0.890. The molecule has 0 radical (unpaired) electrons. The van der Waals surface area contributed by atoms with Crippen LogP contribution >= 0.6 is 0 Å². The van der Waals surface area contributed by atoms with Gasteiger partial charge in [-0.2, -0.15) is 0 Å². The normalized spacial score (nSPS) is 13.1. The molecule has 0 aliphatic heterocycles. The van der Waals surface area contributed by atoms with E-state index in [9.17, 15) is 4.39 Å². The van der Waals surface area contributed by atoms with Gasteiger partial charge in [0.1, 0.15) is 5.82 Å². The first-order valence-electron chi connectivity index (χ1n) is 6.49. The molecule has 0 aliphatic rings. The summed E-state index contributed by atoms with van der Waals surface area (Å²) >= 11 is 0. The van der Waals surface area contributed by atoms with E-state index in [4.69, 9.17) is 0 Å². The third-order valence-electron chi connectivity index (χ3n) is 3.62. The molecule has 0 bridgehead atoms. The Labute approximate surface area is 104 Å². The maximum atomic E-state index is 14.1. The molecule has 0 aliphatic carbocycles. The lowest BCUT2D eigenvalue weighted by molar-refractivity contribution is 0.348. The van der Waals surface area contributed by atoms with Crippen molar-refractivity contribution < 1.29 is 4.39 Å². The fourth-order valence-electron chi connectivity index (χ4n) is 2.70. The number of nitrogens with one attached hydrogen (secondary N) is 1. The van der Waals surface area contributed by atoms with Crippen molar-refractivity contribution in [3.05, 3.63) is 34.6 Å². The molecule has 0 aromatic heterocycles. The number of benzene rings is 1. The second-order valence-electron chi connectivity index (χ2n) is 4.82. The van der Waals surface area contributed by atoms with Gasteiger partial charge in [-0.25, -0.2) is 4.39 Å². The number of rotatable bonds is 5. The summed E-state index contributed by atoms with van der Waals surface area (Å²) in [5, 5.41) is 3.28. The summed E-state index contributed by atoms with van der Waals surface area (Å²) in [4.78, 5) is 0. The molecule has 0 amide bonds. The summed E-state index contributed by atoms with van der Waals surface area (Å²) in [6.07, 6.45) is 2.13. The molecule has 0 heterocycles. The van der Waals surface area contributed by atoms with E-state index in [1.165, 1.54) is 0 Å². The van der Waals surface area contributed by atoms with E-state index in [0.717, 1.165) is 29.5 Å². The Kier molecular flexibility index (Phi) is 5.13. The maximum absolute atomic E-state index is 14.1. The Morgan fingerprint density at radius 1 is 1.18 bits per heavy atom. The van der Waals surface area contributed by atoms with Crippen molar-refractivity contribution in [1.82, 2.24) is 5.32 Å². The first-order valence-corrected chi connectivity index (χ1v) is 6.49. The molecule has 96 valence electrons. The van der Waals surface area contributed by atoms with Crippen molar-refractivity contribution in [2.75, 3.05) is 7.05 Å². The topological polar surface area (TPSA) is 12.0 Å². The molecule has 2 heteroatoms. The highest BCUT2D eigenvalue weighted by Gasteiger charge is 2.23. The van der Waals surface area contributed by atoms with Gasteiger partial charge >= 0.3 is 0 Å². The van der Waals surface area contributed by atoms with Crippen molar-refractivity contribution in [2.24, 2.45) is 5.92 Å². The van der Waals surface area contributed by atoms with Gasteiger partial charge in [-0.3, -0.25) is 0 Å². The molecular formula is C15H24FN. The van der Waals surface area contributed by atoms with Crippen LogP contribution < -0.4 is 5.32 Å². The highest BCUT2D eigenvalue weighted by atomic mass is 19.1. The zero-order valence-corrected chi connectivity index (χ0v) is 11.6. The minimum atomic E-state index is -0.0752. The molecule has 1 aromatic rings. The van der Waals surface area contributed by atoms with Crippen LogP contribution in [0.25, 0.3) is 0 Å². The SMILES string of the molecule is CCC(CC)C(NC)c1c(C)cc(C)cc1F. The number of hydrogen-bond acceptors (Lipinski definition) is 1. The molecule has 17 heavy (non-hydrogen) atoms. The zero-order chi connectivity index (χ0) is 13.0. The molecular weight excluding hydrogens is 213 g/mol. The van der Waals surface area contributed by atoms with E-state index < -0.39 is 0 Å². The lowest BCUT2D eigenvalue weighted by Gasteiger charge is -2.27. The lowest BCUT2D eigenvalue weighted by Crippen LogP contribution is -2.26. The Bertz CT molecular complexity index is 346. The number of halogens is 1. The largest absolute Gasteiger partial charge is 0.313 e. The van der Waals surface area contributed by atoms with E-state index in [2.05, 4.69) is 25.2 Å². The van der Waals surface area contributed by atoms with Crippen molar-refractivity contribution in [2.45, 2.75) is 46.6 Å². The summed E-state index contributed by atoms with van der Waals surface area (Å²) in [6.45, 7) is 8.27. The van der Waals surface area contributed by atoms with Gasteiger partial charge in [-0.1, -0.05) is 32.8 Å². The molecule has 1 rings (SSSR count). The molecule has 1 atom stereocenters. The monoisotopic (exact) mass is 237 g/mol. The molecule has 1 aromatic carbocycles. The quantitative estimate of drug-likeness (QED) is 0.811. The van der Waals surface area contributed by atoms with Gasteiger partial charge in [0.05, 0.1) is 0 Å². The fraction of sp³-hybridized carbons (Fsp3) is 0.600. The van der Waals surface area contributed by atoms with E-state index in [-0.39, 0.29) is 11.9 Å². The van der Waals surface area contributed by atoms with Gasteiger partial charge in [-0.15, -0.1) is 0 Å². The standard InChI is InChI=1S/C15H24FN/c1-6-12(7-2)15(17-5)14-11(4)8-10(3)9-13(14)16/h8-9,12,15,17H,6-7H2,1-5H3. The van der Waals surface area contributed by atoms with Gasteiger partial charge in [0.25, 0.3) is 0 Å². The fourth-order valence-corrected chi connectivity index (χ4v) is 2.70. The number of hydrogen-bond donors (Lipinski definition) is 1. The van der Waals surface area contributed by atoms with E-state index in [1.807, 2.05) is 20.9 Å². The summed E-state index contributed by atoms with van der Waals surface area (Å²) < 4.78 is 14.1. The molecule has 0 fully saturated rings. The molecule has 0 spiro atoms. The third kappa shape index (κ3) is 3.06. The van der Waals surface area contributed by atoms with Gasteiger partial charge in [0.15, 0.2) is 0 Å². The van der Waals surface area contributed by atoms with Crippen LogP contribution in [-0.4, -0.2) is 7.05 Å². The van der Waals surface area contributed by atoms with Crippen molar-refractivity contribution in [1.29, 1.82) is 0 Å². The smallest absolute Gasteiger partial charge is 0.128 e. The van der Waals surface area contributed by atoms with Gasteiger partial charge < -0.3 is 5.32 Å². The third-order valence-corrected chi connectivity index (χ3v) is 3.62. The molecule has 1 unspecified atom stereocenters. The van der Waals surface area contributed by atoms with E-state index in [0.29, 0.717) is 5.92 Å². The Morgan fingerprint density at radius 2 is 1.76 bits per heavy atom. The van der Waals surface area contributed by atoms with Crippen LogP contribution in [-0.2, 0) is 0 Å². The highest BCUT2D eigenvalue weighted by molar-refractivity contribution is 5.34. The van der Waals surface area contributed by atoms with Crippen LogP contribution in [0.1, 0.15) is 49.4 Å². The minimum Gasteiger partial charge on any atom is -0.313 e. The predicted octanol–water partition coefficient (Wildman–Crippen LogP) is 4.14. The number of aryl methyl sites for hydroxylation is 2. The lowest BCUT2D eigenvalue weighted by atomic mass is 9.86. The summed E-state index contributed by atoms with van der Waals surface area (Å²) in [7, 11) is 1.92. The van der Waals surface area contributed by atoms with Crippen LogP contribution in [0.4, 0.5) is 4.39 Å².